The molecule has 0 saturated carbocycles. The Labute approximate surface area is 128 Å². The summed E-state index contributed by atoms with van der Waals surface area (Å²) in [4.78, 5) is 0. The minimum Gasteiger partial charge on any atom is -0.312 e. The largest absolute Gasteiger partial charge is 0.312 e. The molecule has 100 valence electrons. The zero-order valence-electron chi connectivity index (χ0n) is 10.9. The van der Waals surface area contributed by atoms with Crippen LogP contribution in [0.5, 0.6) is 0 Å². The van der Waals surface area contributed by atoms with Crippen LogP contribution in [0.25, 0.3) is 0 Å². The van der Waals surface area contributed by atoms with Crippen molar-refractivity contribution in [1.29, 1.82) is 0 Å². The van der Waals surface area contributed by atoms with E-state index in [4.69, 9.17) is 11.6 Å². The summed E-state index contributed by atoms with van der Waals surface area (Å²) in [7, 11) is 0. The lowest BCUT2D eigenvalue weighted by atomic mass is 10.1. The molecule has 0 aliphatic carbocycles. The Balaban J connectivity index is 1.79. The second-order valence-electron chi connectivity index (χ2n) is 4.65. The van der Waals surface area contributed by atoms with Gasteiger partial charge in [0.15, 0.2) is 0 Å². The molecule has 1 N–H and O–H groups in total. The standard InChI is InChI=1S/C16H17BrClN/c1-12-2-5-14(16(17)10-12)11-19-9-8-13-3-6-15(18)7-4-13/h2-7,10,19H,8-9,11H2,1H3. The molecule has 0 radical (unpaired) electrons. The molecule has 0 fully saturated rings. The van der Waals surface area contributed by atoms with Crippen LogP contribution in [0.4, 0.5) is 0 Å². The summed E-state index contributed by atoms with van der Waals surface area (Å²) in [5.74, 6) is 0. The number of nitrogens with one attached hydrogen (secondary N) is 1. The zero-order valence-corrected chi connectivity index (χ0v) is 13.3. The molecule has 0 amide bonds. The minimum absolute atomic E-state index is 0.792. The lowest BCUT2D eigenvalue weighted by molar-refractivity contribution is 0.685. The summed E-state index contributed by atoms with van der Waals surface area (Å²) >= 11 is 9.46. The van der Waals surface area contributed by atoms with E-state index in [0.717, 1.165) is 24.5 Å². The van der Waals surface area contributed by atoms with Gasteiger partial charge in [0.1, 0.15) is 0 Å². The van der Waals surface area contributed by atoms with E-state index in [1.807, 2.05) is 12.1 Å². The Bertz CT molecular complexity index is 537. The molecule has 0 atom stereocenters. The Hall–Kier alpha value is -0.830. The average Bonchev–Trinajstić information content (AvgIpc) is 2.39. The van der Waals surface area contributed by atoms with E-state index in [-0.39, 0.29) is 0 Å². The molecule has 0 aromatic heterocycles. The van der Waals surface area contributed by atoms with Gasteiger partial charge in [-0.25, -0.2) is 0 Å². The first kappa shape index (κ1) is 14.6. The molecule has 0 spiro atoms. The number of halogens is 2. The van der Waals surface area contributed by atoms with Gasteiger partial charge < -0.3 is 5.32 Å². The van der Waals surface area contributed by atoms with Gasteiger partial charge in [-0.3, -0.25) is 0 Å². The number of rotatable bonds is 5. The van der Waals surface area contributed by atoms with E-state index in [1.165, 1.54) is 21.2 Å². The monoisotopic (exact) mass is 337 g/mol. The van der Waals surface area contributed by atoms with Crippen LogP contribution in [-0.2, 0) is 13.0 Å². The van der Waals surface area contributed by atoms with Crippen molar-refractivity contribution in [3.05, 3.63) is 68.7 Å². The van der Waals surface area contributed by atoms with E-state index >= 15 is 0 Å². The van der Waals surface area contributed by atoms with Gasteiger partial charge in [0.2, 0.25) is 0 Å². The van der Waals surface area contributed by atoms with Gasteiger partial charge in [-0.15, -0.1) is 0 Å². The molecule has 0 unspecified atom stereocenters. The molecule has 0 bridgehead atoms. The Kier molecular flexibility index (Phi) is 5.44. The van der Waals surface area contributed by atoms with Crippen molar-refractivity contribution in [2.24, 2.45) is 0 Å². The molecule has 19 heavy (non-hydrogen) atoms. The average molecular weight is 339 g/mol. The SMILES string of the molecule is Cc1ccc(CNCCc2ccc(Cl)cc2)c(Br)c1. The molecule has 0 aliphatic heterocycles. The maximum atomic E-state index is 5.86. The summed E-state index contributed by atoms with van der Waals surface area (Å²) in [6.45, 7) is 3.94. The molecule has 1 nitrogen and oxygen atoms in total. The van der Waals surface area contributed by atoms with Gasteiger partial charge >= 0.3 is 0 Å². The van der Waals surface area contributed by atoms with Crippen LogP contribution < -0.4 is 5.32 Å². The van der Waals surface area contributed by atoms with Gasteiger partial charge in [0, 0.05) is 16.0 Å². The Morgan fingerprint density at radius 2 is 1.84 bits per heavy atom. The van der Waals surface area contributed by atoms with E-state index < -0.39 is 0 Å². The molecule has 2 aromatic carbocycles. The zero-order chi connectivity index (χ0) is 13.7. The first-order valence-electron chi connectivity index (χ1n) is 6.35. The molecule has 2 aromatic rings. The van der Waals surface area contributed by atoms with Crippen molar-refractivity contribution in [2.75, 3.05) is 6.54 Å². The highest BCUT2D eigenvalue weighted by Gasteiger charge is 1.99. The van der Waals surface area contributed by atoms with E-state index in [9.17, 15) is 0 Å². The summed E-state index contributed by atoms with van der Waals surface area (Å²) in [5, 5.41) is 4.25. The maximum absolute atomic E-state index is 5.86. The molecule has 3 heteroatoms. The van der Waals surface area contributed by atoms with Gasteiger partial charge in [-0.2, -0.15) is 0 Å². The van der Waals surface area contributed by atoms with Crippen molar-refractivity contribution in [2.45, 2.75) is 19.9 Å². The second-order valence-corrected chi connectivity index (χ2v) is 5.94. The number of hydrogen-bond donors (Lipinski definition) is 1. The maximum Gasteiger partial charge on any atom is 0.0406 e. The topological polar surface area (TPSA) is 12.0 Å². The lowest BCUT2D eigenvalue weighted by Gasteiger charge is -2.08. The van der Waals surface area contributed by atoms with Crippen LogP contribution in [-0.4, -0.2) is 6.54 Å². The lowest BCUT2D eigenvalue weighted by Crippen LogP contribution is -2.16. The predicted octanol–water partition coefficient (Wildman–Crippen LogP) is 4.74. The molecular formula is C16H17BrClN. The van der Waals surface area contributed by atoms with Crippen molar-refractivity contribution in [3.63, 3.8) is 0 Å². The fraction of sp³-hybridized carbons (Fsp3) is 0.250. The van der Waals surface area contributed by atoms with Gasteiger partial charge in [-0.1, -0.05) is 51.8 Å². The predicted molar refractivity (Wildman–Crippen MR) is 85.7 cm³/mol. The molecule has 0 saturated heterocycles. The summed E-state index contributed by atoms with van der Waals surface area (Å²) in [6, 6.07) is 14.5. The van der Waals surface area contributed by atoms with Crippen molar-refractivity contribution >= 4 is 27.5 Å². The van der Waals surface area contributed by atoms with E-state index in [1.54, 1.807) is 0 Å². The molecule has 0 aliphatic rings. The first-order valence-corrected chi connectivity index (χ1v) is 7.52. The van der Waals surface area contributed by atoms with Crippen molar-refractivity contribution in [1.82, 2.24) is 5.32 Å². The van der Waals surface area contributed by atoms with E-state index in [2.05, 4.69) is 58.5 Å². The third-order valence-corrected chi connectivity index (χ3v) is 4.02. The highest BCUT2D eigenvalue weighted by molar-refractivity contribution is 9.10. The van der Waals surface area contributed by atoms with Crippen LogP contribution in [0.15, 0.2) is 46.9 Å². The van der Waals surface area contributed by atoms with Crippen LogP contribution in [0.1, 0.15) is 16.7 Å². The second kappa shape index (κ2) is 7.09. The Morgan fingerprint density at radius 1 is 1.11 bits per heavy atom. The number of benzene rings is 2. The quantitative estimate of drug-likeness (QED) is 0.776. The van der Waals surface area contributed by atoms with Crippen LogP contribution >= 0.6 is 27.5 Å². The smallest absolute Gasteiger partial charge is 0.0406 e. The summed E-state index contributed by atoms with van der Waals surface area (Å²) < 4.78 is 1.17. The van der Waals surface area contributed by atoms with Gasteiger partial charge in [-0.05, 0) is 54.8 Å². The fourth-order valence-corrected chi connectivity index (χ4v) is 2.66. The summed E-state index contributed by atoms with van der Waals surface area (Å²) in [5.41, 5.74) is 3.87. The van der Waals surface area contributed by atoms with Crippen LogP contribution in [0, 0.1) is 6.92 Å². The number of hydrogen-bond acceptors (Lipinski definition) is 1. The van der Waals surface area contributed by atoms with Crippen LogP contribution in [0.2, 0.25) is 5.02 Å². The first-order chi connectivity index (χ1) is 9.15. The van der Waals surface area contributed by atoms with Gasteiger partial charge in [0.05, 0.1) is 0 Å². The van der Waals surface area contributed by atoms with Crippen LogP contribution in [0.3, 0.4) is 0 Å². The fourth-order valence-electron chi connectivity index (χ4n) is 1.90. The third kappa shape index (κ3) is 4.64. The minimum atomic E-state index is 0.792. The number of aryl methyl sites for hydroxylation is 1. The highest BCUT2D eigenvalue weighted by Crippen LogP contribution is 2.18. The van der Waals surface area contributed by atoms with E-state index in [0.29, 0.717) is 0 Å². The van der Waals surface area contributed by atoms with Gasteiger partial charge in [0.25, 0.3) is 0 Å². The molecule has 2 rings (SSSR count). The normalized spacial score (nSPS) is 10.7. The third-order valence-electron chi connectivity index (χ3n) is 3.03. The molecular weight excluding hydrogens is 322 g/mol. The van der Waals surface area contributed by atoms with Crippen molar-refractivity contribution < 1.29 is 0 Å². The summed E-state index contributed by atoms with van der Waals surface area (Å²) in [6.07, 6.45) is 1.01. The van der Waals surface area contributed by atoms with Crippen molar-refractivity contribution in [3.8, 4) is 0 Å². The highest BCUT2D eigenvalue weighted by atomic mass is 79.9. The molecule has 0 heterocycles. The Morgan fingerprint density at radius 3 is 2.53 bits per heavy atom.